The molecule has 1 atom stereocenters. The Balaban J connectivity index is 2.31. The molecule has 6 nitrogen and oxygen atoms in total. The van der Waals surface area contributed by atoms with Crippen LogP contribution in [0.25, 0.3) is 21.7 Å². The highest BCUT2D eigenvalue weighted by molar-refractivity contribution is 6.08. The zero-order valence-electron chi connectivity index (χ0n) is 12.8. The molecule has 23 heavy (non-hydrogen) atoms. The molecule has 0 amide bonds. The van der Waals surface area contributed by atoms with Crippen LogP contribution in [0.3, 0.4) is 0 Å². The largest absolute Gasteiger partial charge is 0.619 e. The topological polar surface area (TPSA) is 84.7 Å². The third kappa shape index (κ3) is 2.69. The van der Waals surface area contributed by atoms with Crippen molar-refractivity contribution in [3.8, 4) is 0 Å². The molecule has 0 aliphatic carbocycles. The maximum absolute atomic E-state index is 13.2. The van der Waals surface area contributed by atoms with E-state index in [0.29, 0.717) is 32.2 Å². The van der Waals surface area contributed by atoms with Gasteiger partial charge in [-0.15, -0.1) is 0 Å². The molecule has 7 heteroatoms. The summed E-state index contributed by atoms with van der Waals surface area (Å²) in [6, 6.07) is 2.84. The van der Waals surface area contributed by atoms with Crippen molar-refractivity contribution >= 4 is 27.5 Å². The monoisotopic (exact) mass is 316 g/mol. The standard InChI is InChI=1S/C16H17FN4O2/c1-9(2)13(7-17)20-15-10-4-6-21(23)8-11(10)14-12(19-15)3-5-18-16(14)22/h3-6,8-9,13H,7H2,1-2H3,(H,18,22)(H,19,20)/t13-/m0/s1. The molecule has 3 heterocycles. The molecule has 0 saturated carbocycles. The van der Waals surface area contributed by atoms with Crippen molar-refractivity contribution in [2.24, 2.45) is 5.92 Å². The molecule has 0 aromatic carbocycles. The summed E-state index contributed by atoms with van der Waals surface area (Å²) in [4.78, 5) is 19.2. The highest BCUT2D eigenvalue weighted by atomic mass is 19.1. The van der Waals surface area contributed by atoms with Crippen LogP contribution < -0.4 is 15.6 Å². The van der Waals surface area contributed by atoms with Gasteiger partial charge in [-0.05, 0) is 12.0 Å². The first-order valence-corrected chi connectivity index (χ1v) is 7.37. The summed E-state index contributed by atoms with van der Waals surface area (Å²) < 4.78 is 13.9. The number of hydrogen-bond donors (Lipinski definition) is 2. The number of halogens is 1. The number of H-pyrrole nitrogens is 1. The van der Waals surface area contributed by atoms with Crippen molar-refractivity contribution in [3.63, 3.8) is 0 Å². The molecule has 0 bridgehead atoms. The van der Waals surface area contributed by atoms with Gasteiger partial charge in [0.2, 0.25) is 0 Å². The summed E-state index contributed by atoms with van der Waals surface area (Å²) in [6.45, 7) is 3.29. The van der Waals surface area contributed by atoms with Crippen molar-refractivity contribution in [3.05, 3.63) is 46.3 Å². The summed E-state index contributed by atoms with van der Waals surface area (Å²) in [7, 11) is 0. The van der Waals surface area contributed by atoms with Gasteiger partial charge in [-0.3, -0.25) is 4.79 Å². The van der Waals surface area contributed by atoms with Crippen molar-refractivity contribution in [2.45, 2.75) is 19.9 Å². The number of aromatic nitrogens is 3. The fraction of sp³-hybridized carbons (Fsp3) is 0.312. The fourth-order valence-electron chi connectivity index (χ4n) is 2.55. The number of anilines is 1. The molecule has 3 rings (SSSR count). The molecule has 120 valence electrons. The molecule has 0 spiro atoms. The van der Waals surface area contributed by atoms with Crippen LogP contribution in [0.4, 0.5) is 10.2 Å². The second kappa shape index (κ2) is 5.83. The number of nitrogens with zero attached hydrogens (tertiary/aromatic N) is 2. The quantitative estimate of drug-likeness (QED) is 0.438. The van der Waals surface area contributed by atoms with Gasteiger partial charge in [0.25, 0.3) is 5.56 Å². The van der Waals surface area contributed by atoms with Crippen LogP contribution in [0.2, 0.25) is 0 Å². The Kier molecular flexibility index (Phi) is 3.85. The van der Waals surface area contributed by atoms with Crippen LogP contribution in [0, 0.1) is 11.1 Å². The molecule has 0 aliphatic heterocycles. The minimum atomic E-state index is -0.539. The van der Waals surface area contributed by atoms with E-state index in [-0.39, 0.29) is 11.5 Å². The van der Waals surface area contributed by atoms with E-state index in [2.05, 4.69) is 15.3 Å². The summed E-state index contributed by atoms with van der Waals surface area (Å²) in [5.74, 6) is 0.537. The van der Waals surface area contributed by atoms with Gasteiger partial charge in [-0.1, -0.05) is 13.8 Å². The summed E-state index contributed by atoms with van der Waals surface area (Å²) in [6.07, 6.45) is 4.16. The van der Waals surface area contributed by atoms with Crippen LogP contribution in [0.5, 0.6) is 0 Å². The Labute approximate surface area is 131 Å². The highest BCUT2D eigenvalue weighted by Gasteiger charge is 2.18. The first-order chi connectivity index (χ1) is 11.0. The van der Waals surface area contributed by atoms with E-state index in [1.54, 1.807) is 12.1 Å². The summed E-state index contributed by atoms with van der Waals surface area (Å²) in [5.41, 5.74) is 0.139. The van der Waals surface area contributed by atoms with Crippen molar-refractivity contribution < 1.29 is 9.12 Å². The summed E-state index contributed by atoms with van der Waals surface area (Å²) >= 11 is 0. The molecule has 3 aromatic rings. The Bertz CT molecular complexity index is 923. The van der Waals surface area contributed by atoms with Crippen LogP contribution in [0.1, 0.15) is 13.8 Å². The van der Waals surface area contributed by atoms with E-state index in [0.717, 1.165) is 0 Å². The SMILES string of the molecule is CC(C)[C@H](CF)Nc1nc2cc[nH]c(=O)c2c2c[n+]([O-])ccc12. The van der Waals surface area contributed by atoms with Gasteiger partial charge in [0.15, 0.2) is 12.4 Å². The van der Waals surface area contributed by atoms with E-state index >= 15 is 0 Å². The first kappa shape index (κ1) is 15.2. The van der Waals surface area contributed by atoms with Crippen molar-refractivity contribution in [2.75, 3.05) is 12.0 Å². The molecular formula is C16H17FN4O2. The molecule has 0 unspecified atom stereocenters. The Morgan fingerprint density at radius 2 is 2.17 bits per heavy atom. The molecule has 2 N–H and O–H groups in total. The molecule has 0 aliphatic rings. The van der Waals surface area contributed by atoms with Crippen LogP contribution in [0.15, 0.2) is 35.5 Å². The van der Waals surface area contributed by atoms with Gasteiger partial charge in [-0.2, -0.15) is 4.73 Å². The molecule has 3 aromatic heterocycles. The van der Waals surface area contributed by atoms with Crippen LogP contribution >= 0.6 is 0 Å². The zero-order chi connectivity index (χ0) is 16.6. The number of alkyl halides is 1. The average Bonchev–Trinajstić information content (AvgIpc) is 2.51. The van der Waals surface area contributed by atoms with Crippen LogP contribution in [-0.2, 0) is 0 Å². The fourth-order valence-corrected chi connectivity index (χ4v) is 2.55. The van der Waals surface area contributed by atoms with E-state index in [1.807, 2.05) is 13.8 Å². The lowest BCUT2D eigenvalue weighted by Crippen LogP contribution is -2.29. The highest BCUT2D eigenvalue weighted by Crippen LogP contribution is 2.27. The average molecular weight is 316 g/mol. The van der Waals surface area contributed by atoms with Crippen LogP contribution in [-0.4, -0.2) is 22.7 Å². The first-order valence-electron chi connectivity index (χ1n) is 7.37. The minimum absolute atomic E-state index is 0.0693. The maximum atomic E-state index is 13.2. The lowest BCUT2D eigenvalue weighted by molar-refractivity contribution is -0.603. The lowest BCUT2D eigenvalue weighted by atomic mass is 10.0. The predicted octanol–water partition coefficient (Wildman–Crippen LogP) is 2.12. The predicted molar refractivity (Wildman–Crippen MR) is 87.1 cm³/mol. The zero-order valence-corrected chi connectivity index (χ0v) is 12.8. The maximum Gasteiger partial charge on any atom is 0.258 e. The van der Waals surface area contributed by atoms with E-state index in [4.69, 9.17) is 0 Å². The van der Waals surface area contributed by atoms with E-state index < -0.39 is 12.7 Å². The minimum Gasteiger partial charge on any atom is -0.619 e. The second-order valence-corrected chi connectivity index (χ2v) is 5.81. The Morgan fingerprint density at radius 3 is 2.87 bits per heavy atom. The third-order valence-electron chi connectivity index (χ3n) is 3.92. The van der Waals surface area contributed by atoms with Gasteiger partial charge < -0.3 is 15.5 Å². The van der Waals surface area contributed by atoms with Gasteiger partial charge in [0.05, 0.1) is 22.3 Å². The summed E-state index contributed by atoms with van der Waals surface area (Å²) in [5, 5.41) is 16.2. The second-order valence-electron chi connectivity index (χ2n) is 5.81. The number of fused-ring (bicyclic) bond motifs is 3. The molecule has 0 fully saturated rings. The Morgan fingerprint density at radius 1 is 1.39 bits per heavy atom. The molecular weight excluding hydrogens is 299 g/mol. The Hall–Kier alpha value is -2.70. The smallest absolute Gasteiger partial charge is 0.258 e. The van der Waals surface area contributed by atoms with E-state index in [1.165, 1.54) is 18.6 Å². The van der Waals surface area contributed by atoms with Gasteiger partial charge in [-0.25, -0.2) is 9.37 Å². The molecule has 0 radical (unpaired) electrons. The number of nitrogens with one attached hydrogen (secondary N) is 2. The van der Waals surface area contributed by atoms with Crippen molar-refractivity contribution in [1.82, 2.24) is 9.97 Å². The normalized spacial score (nSPS) is 12.9. The third-order valence-corrected chi connectivity index (χ3v) is 3.92. The number of hydrogen-bond acceptors (Lipinski definition) is 4. The van der Waals surface area contributed by atoms with Gasteiger partial charge in [0, 0.05) is 17.6 Å². The molecule has 0 saturated heterocycles. The van der Waals surface area contributed by atoms with Gasteiger partial charge >= 0.3 is 0 Å². The lowest BCUT2D eigenvalue weighted by Gasteiger charge is -2.21. The number of rotatable bonds is 4. The number of pyridine rings is 3. The van der Waals surface area contributed by atoms with Gasteiger partial charge in [0.1, 0.15) is 12.5 Å². The number of aromatic amines is 1. The van der Waals surface area contributed by atoms with E-state index in [9.17, 15) is 14.4 Å². The van der Waals surface area contributed by atoms with Crippen molar-refractivity contribution in [1.29, 1.82) is 0 Å².